The van der Waals surface area contributed by atoms with E-state index in [0.717, 1.165) is 31.2 Å². The Bertz CT molecular complexity index is 1010. The zero-order chi connectivity index (χ0) is 17.5. The Hall–Kier alpha value is -1.64. The molecule has 3 rings (SSSR count). The molecule has 8 heteroatoms. The molecule has 0 bridgehead atoms. The van der Waals surface area contributed by atoms with Gasteiger partial charge in [0.05, 0.1) is 4.88 Å². The third-order valence-electron chi connectivity index (χ3n) is 3.53. The Balaban J connectivity index is 1.95. The highest BCUT2D eigenvalue weighted by atomic mass is 79.9. The van der Waals surface area contributed by atoms with E-state index >= 15 is 0 Å². The number of aromatic nitrogens is 2. The molecule has 0 aliphatic heterocycles. The summed E-state index contributed by atoms with van der Waals surface area (Å²) in [5.74, 6) is 0. The van der Waals surface area contributed by atoms with E-state index in [4.69, 9.17) is 0 Å². The minimum atomic E-state index is -3.65. The van der Waals surface area contributed by atoms with Gasteiger partial charge in [-0.3, -0.25) is 9.82 Å². The van der Waals surface area contributed by atoms with E-state index in [2.05, 4.69) is 30.8 Å². The number of aryl methyl sites for hydroxylation is 3. The monoisotopic (exact) mass is 425 g/mol. The van der Waals surface area contributed by atoms with Gasteiger partial charge in [0.1, 0.15) is 10.6 Å². The lowest BCUT2D eigenvalue weighted by atomic mass is 10.2. The van der Waals surface area contributed by atoms with Crippen LogP contribution in [-0.2, 0) is 10.0 Å². The lowest BCUT2D eigenvalue weighted by molar-refractivity contribution is 0.601. The third kappa shape index (κ3) is 3.40. The molecular weight excluding hydrogens is 410 g/mol. The Kier molecular flexibility index (Phi) is 4.54. The van der Waals surface area contributed by atoms with Crippen molar-refractivity contribution in [2.75, 3.05) is 4.72 Å². The van der Waals surface area contributed by atoms with Gasteiger partial charge < -0.3 is 0 Å². The molecule has 24 heavy (non-hydrogen) atoms. The number of benzene rings is 1. The van der Waals surface area contributed by atoms with Crippen LogP contribution in [0.25, 0.3) is 10.6 Å². The molecule has 0 spiro atoms. The Morgan fingerprint density at radius 3 is 2.54 bits per heavy atom. The normalized spacial score (nSPS) is 11.7. The molecule has 126 valence electrons. The average Bonchev–Trinajstić information content (AvgIpc) is 3.09. The zero-order valence-corrected chi connectivity index (χ0v) is 16.6. The first-order valence-corrected chi connectivity index (χ1v) is 10.3. The molecule has 0 fully saturated rings. The van der Waals surface area contributed by atoms with Crippen LogP contribution in [0.3, 0.4) is 0 Å². The second-order valence-electron chi connectivity index (χ2n) is 5.54. The van der Waals surface area contributed by atoms with Gasteiger partial charge in [-0.2, -0.15) is 5.10 Å². The summed E-state index contributed by atoms with van der Waals surface area (Å²) in [6.07, 6.45) is 0. The number of sulfonamides is 1. The third-order valence-corrected chi connectivity index (χ3v) is 7.13. The molecule has 0 saturated heterocycles. The van der Waals surface area contributed by atoms with Crippen molar-refractivity contribution in [1.82, 2.24) is 10.2 Å². The van der Waals surface area contributed by atoms with Crippen LogP contribution in [0.15, 0.2) is 39.7 Å². The molecule has 0 atom stereocenters. The highest BCUT2D eigenvalue weighted by Gasteiger charge is 2.21. The largest absolute Gasteiger partial charge is 0.282 e. The summed E-state index contributed by atoms with van der Waals surface area (Å²) in [6.45, 7) is 5.62. The van der Waals surface area contributed by atoms with Crippen molar-refractivity contribution < 1.29 is 8.42 Å². The Labute approximate surface area is 153 Å². The van der Waals surface area contributed by atoms with Crippen LogP contribution < -0.4 is 4.72 Å². The van der Waals surface area contributed by atoms with Crippen LogP contribution in [0.2, 0.25) is 0 Å². The number of anilines is 1. The maximum absolute atomic E-state index is 12.7. The average molecular weight is 426 g/mol. The predicted molar refractivity (Wildman–Crippen MR) is 101 cm³/mol. The fourth-order valence-corrected chi connectivity index (χ4v) is 5.17. The van der Waals surface area contributed by atoms with Crippen molar-refractivity contribution in [3.05, 3.63) is 50.9 Å². The predicted octanol–water partition coefficient (Wildman–Crippen LogP) is 4.63. The van der Waals surface area contributed by atoms with Crippen LogP contribution in [0.1, 0.15) is 16.1 Å². The van der Waals surface area contributed by atoms with Crippen LogP contribution in [0, 0.1) is 20.8 Å². The second-order valence-corrected chi connectivity index (χ2v) is 9.30. The number of nitrogens with one attached hydrogen (secondary N) is 2. The lowest BCUT2D eigenvalue weighted by Crippen LogP contribution is -2.13. The number of aromatic amines is 1. The zero-order valence-electron chi connectivity index (χ0n) is 13.3. The van der Waals surface area contributed by atoms with Gasteiger partial charge in [-0.05, 0) is 56.7 Å². The number of halogens is 1. The summed E-state index contributed by atoms with van der Waals surface area (Å²) in [5.41, 5.74) is 3.19. The van der Waals surface area contributed by atoms with E-state index in [9.17, 15) is 8.42 Å². The van der Waals surface area contributed by atoms with E-state index in [1.165, 1.54) is 11.3 Å². The molecule has 2 N–H and O–H groups in total. The summed E-state index contributed by atoms with van der Waals surface area (Å²) in [4.78, 5) is 1.83. The molecule has 3 aromatic rings. The highest BCUT2D eigenvalue weighted by molar-refractivity contribution is 9.10. The fourth-order valence-electron chi connectivity index (χ4n) is 2.32. The highest BCUT2D eigenvalue weighted by Crippen LogP contribution is 2.34. The standard InChI is InChI=1S/C16H16BrN3O2S2/c1-9-6-12(4-5-13(9)17)20-24(21,22)16-8-15(23-11(16)3)14-7-10(2)18-19-14/h4-8,20H,1-3H3,(H,18,19). The number of H-pyrrole nitrogens is 1. The minimum absolute atomic E-state index is 0.281. The van der Waals surface area contributed by atoms with Crippen molar-refractivity contribution in [2.24, 2.45) is 0 Å². The summed E-state index contributed by atoms with van der Waals surface area (Å²) in [5, 5.41) is 7.07. The molecule has 0 radical (unpaired) electrons. The van der Waals surface area contributed by atoms with Gasteiger partial charge in [0, 0.05) is 20.7 Å². The summed E-state index contributed by atoms with van der Waals surface area (Å²) < 4.78 is 29.0. The molecule has 0 saturated carbocycles. The summed E-state index contributed by atoms with van der Waals surface area (Å²) in [7, 11) is -3.65. The van der Waals surface area contributed by atoms with Crippen LogP contribution in [0.4, 0.5) is 5.69 Å². The van der Waals surface area contributed by atoms with Gasteiger partial charge in [-0.1, -0.05) is 15.9 Å². The maximum Gasteiger partial charge on any atom is 0.263 e. The molecule has 5 nitrogen and oxygen atoms in total. The first-order valence-electron chi connectivity index (χ1n) is 7.18. The second kappa shape index (κ2) is 6.34. The fraction of sp³-hybridized carbons (Fsp3) is 0.188. The maximum atomic E-state index is 12.7. The topological polar surface area (TPSA) is 74.8 Å². The molecule has 2 aromatic heterocycles. The smallest absolute Gasteiger partial charge is 0.263 e. The van der Waals surface area contributed by atoms with E-state index in [1.54, 1.807) is 25.1 Å². The van der Waals surface area contributed by atoms with Crippen molar-refractivity contribution in [3.63, 3.8) is 0 Å². The van der Waals surface area contributed by atoms with Crippen LogP contribution in [-0.4, -0.2) is 18.6 Å². The molecule has 0 aliphatic carbocycles. The van der Waals surface area contributed by atoms with Crippen molar-refractivity contribution >= 4 is 43.0 Å². The van der Waals surface area contributed by atoms with Crippen LogP contribution in [0.5, 0.6) is 0 Å². The van der Waals surface area contributed by atoms with Gasteiger partial charge in [0.25, 0.3) is 10.0 Å². The van der Waals surface area contributed by atoms with Crippen molar-refractivity contribution in [2.45, 2.75) is 25.7 Å². The minimum Gasteiger partial charge on any atom is -0.282 e. The number of hydrogen-bond acceptors (Lipinski definition) is 4. The molecule has 2 heterocycles. The molecule has 0 amide bonds. The first-order chi connectivity index (χ1) is 11.3. The van der Waals surface area contributed by atoms with E-state index in [0.29, 0.717) is 5.69 Å². The van der Waals surface area contributed by atoms with Gasteiger partial charge in [0.2, 0.25) is 0 Å². The van der Waals surface area contributed by atoms with Crippen LogP contribution >= 0.6 is 27.3 Å². The van der Waals surface area contributed by atoms with Gasteiger partial charge in [0.15, 0.2) is 0 Å². The number of hydrogen-bond donors (Lipinski definition) is 2. The number of rotatable bonds is 4. The molecule has 1 aromatic carbocycles. The lowest BCUT2D eigenvalue weighted by Gasteiger charge is -2.09. The van der Waals surface area contributed by atoms with Gasteiger partial charge in [-0.25, -0.2) is 8.42 Å². The van der Waals surface area contributed by atoms with E-state index < -0.39 is 10.0 Å². The SMILES string of the molecule is Cc1cc(-c2cc(S(=O)(=O)Nc3ccc(Br)c(C)c3)c(C)s2)n[nH]1. The molecule has 0 aliphatic rings. The molecule has 0 unspecified atom stereocenters. The number of nitrogens with zero attached hydrogens (tertiary/aromatic N) is 1. The summed E-state index contributed by atoms with van der Waals surface area (Å²) in [6, 6.07) is 8.91. The Morgan fingerprint density at radius 1 is 1.17 bits per heavy atom. The summed E-state index contributed by atoms with van der Waals surface area (Å²) >= 11 is 4.83. The first kappa shape index (κ1) is 17.2. The van der Waals surface area contributed by atoms with E-state index in [1.807, 2.05) is 26.0 Å². The van der Waals surface area contributed by atoms with Crippen molar-refractivity contribution in [1.29, 1.82) is 0 Å². The quantitative estimate of drug-likeness (QED) is 0.639. The molecular formula is C16H16BrN3O2S2. The number of thiophene rings is 1. The van der Waals surface area contributed by atoms with E-state index in [-0.39, 0.29) is 4.90 Å². The van der Waals surface area contributed by atoms with Gasteiger partial charge in [-0.15, -0.1) is 11.3 Å². The Morgan fingerprint density at radius 2 is 1.92 bits per heavy atom. The van der Waals surface area contributed by atoms with Gasteiger partial charge >= 0.3 is 0 Å². The van der Waals surface area contributed by atoms with Crippen molar-refractivity contribution in [3.8, 4) is 10.6 Å².